The van der Waals surface area contributed by atoms with E-state index in [9.17, 15) is 22.8 Å². The van der Waals surface area contributed by atoms with Gasteiger partial charge >= 0.3 is 12.1 Å². The summed E-state index contributed by atoms with van der Waals surface area (Å²) in [6.45, 7) is -1.31. The fraction of sp³-hybridized carbons (Fsp3) is 0.545. The van der Waals surface area contributed by atoms with Crippen LogP contribution in [0.3, 0.4) is 0 Å². The molecule has 0 radical (unpaired) electrons. The summed E-state index contributed by atoms with van der Waals surface area (Å²) in [5.41, 5.74) is 0. The number of carbonyl (C=O) groups is 2. The van der Waals surface area contributed by atoms with Crippen LogP contribution in [0.1, 0.15) is 0 Å². The first-order chi connectivity index (χ1) is 9.68. The topological polar surface area (TPSA) is 75.4 Å². The lowest BCUT2D eigenvalue weighted by Crippen LogP contribution is -2.34. The van der Waals surface area contributed by atoms with Crippen molar-refractivity contribution in [2.24, 2.45) is 11.8 Å². The highest BCUT2D eigenvalue weighted by Gasteiger charge is 2.53. The molecule has 1 aromatic rings. The third-order valence-corrected chi connectivity index (χ3v) is 3.72. The summed E-state index contributed by atoms with van der Waals surface area (Å²) in [6, 6.07) is 0. The molecule has 0 unspecified atom stereocenters. The van der Waals surface area contributed by atoms with Gasteiger partial charge < -0.3 is 10.0 Å². The van der Waals surface area contributed by atoms with E-state index >= 15 is 0 Å². The minimum absolute atomic E-state index is 0.234. The van der Waals surface area contributed by atoms with Crippen LogP contribution in [0.15, 0.2) is 16.9 Å². The summed E-state index contributed by atoms with van der Waals surface area (Å²) in [5.74, 6) is -5.81. The highest BCUT2D eigenvalue weighted by molar-refractivity contribution is 9.10. The number of carboxylic acids is 1. The molecule has 6 nitrogen and oxygen atoms in total. The van der Waals surface area contributed by atoms with Crippen LogP contribution in [0.5, 0.6) is 0 Å². The maximum Gasteiger partial charge on any atom is 0.394 e. The van der Waals surface area contributed by atoms with E-state index in [1.54, 1.807) is 0 Å². The second-order valence-electron chi connectivity index (χ2n) is 4.75. The van der Waals surface area contributed by atoms with Gasteiger partial charge in [0.25, 0.3) is 0 Å². The molecule has 0 bridgehead atoms. The van der Waals surface area contributed by atoms with E-state index in [0.717, 1.165) is 4.90 Å². The average Bonchev–Trinajstić information content (AvgIpc) is 2.94. The first-order valence-corrected chi connectivity index (χ1v) is 6.73. The predicted octanol–water partition coefficient (Wildman–Crippen LogP) is 1.37. The predicted molar refractivity (Wildman–Crippen MR) is 67.2 cm³/mol. The van der Waals surface area contributed by atoms with Crippen LogP contribution in [0.2, 0.25) is 0 Å². The van der Waals surface area contributed by atoms with E-state index in [1.165, 1.54) is 17.1 Å². The number of amides is 1. The number of aromatic nitrogens is 2. The number of alkyl halides is 3. The minimum Gasteiger partial charge on any atom is -0.481 e. The second kappa shape index (κ2) is 5.66. The molecule has 0 spiro atoms. The summed E-state index contributed by atoms with van der Waals surface area (Å²) >= 11 is 3.14. The van der Waals surface area contributed by atoms with Gasteiger partial charge in [-0.2, -0.15) is 18.3 Å². The maximum atomic E-state index is 12.8. The Labute approximate surface area is 125 Å². The van der Waals surface area contributed by atoms with Crippen molar-refractivity contribution >= 4 is 27.8 Å². The Morgan fingerprint density at radius 3 is 2.52 bits per heavy atom. The van der Waals surface area contributed by atoms with Crippen LogP contribution in [-0.2, 0) is 16.1 Å². The normalized spacial score (nSPS) is 22.6. The molecule has 1 saturated heterocycles. The number of hydrogen-bond donors (Lipinski definition) is 1. The van der Waals surface area contributed by atoms with E-state index in [2.05, 4.69) is 21.0 Å². The van der Waals surface area contributed by atoms with Crippen LogP contribution in [0.25, 0.3) is 0 Å². The lowest BCUT2D eigenvalue weighted by molar-refractivity contribution is -0.188. The van der Waals surface area contributed by atoms with Crippen molar-refractivity contribution in [3.8, 4) is 0 Å². The average molecular weight is 370 g/mol. The minimum atomic E-state index is -4.65. The number of likely N-dealkylation sites (tertiary alicyclic amines) is 1. The number of carbonyl (C=O) groups excluding carboxylic acids is 1. The van der Waals surface area contributed by atoms with Crippen LogP contribution in [0, 0.1) is 11.8 Å². The van der Waals surface area contributed by atoms with Crippen LogP contribution >= 0.6 is 15.9 Å². The third kappa shape index (κ3) is 3.55. The Morgan fingerprint density at radius 2 is 2.10 bits per heavy atom. The molecule has 0 aromatic carbocycles. The quantitative estimate of drug-likeness (QED) is 0.872. The van der Waals surface area contributed by atoms with Gasteiger partial charge in [0.15, 0.2) is 0 Å². The van der Waals surface area contributed by atoms with Gasteiger partial charge in [-0.25, -0.2) is 0 Å². The lowest BCUT2D eigenvalue weighted by Gasteiger charge is -2.18. The molecular formula is C11H11BrF3N3O3. The number of aliphatic carboxylic acids is 1. The van der Waals surface area contributed by atoms with Gasteiger partial charge in [0.1, 0.15) is 6.54 Å². The summed E-state index contributed by atoms with van der Waals surface area (Å²) in [5, 5.41) is 12.7. The van der Waals surface area contributed by atoms with Crippen LogP contribution < -0.4 is 0 Å². The van der Waals surface area contributed by atoms with E-state index in [4.69, 9.17) is 5.11 Å². The molecule has 1 aliphatic heterocycles. The van der Waals surface area contributed by atoms with Crippen molar-refractivity contribution in [1.82, 2.24) is 14.7 Å². The monoisotopic (exact) mass is 369 g/mol. The zero-order chi connectivity index (χ0) is 15.8. The Bertz CT molecular complexity index is 560. The summed E-state index contributed by atoms with van der Waals surface area (Å²) in [6.07, 6.45) is -1.70. The van der Waals surface area contributed by atoms with Gasteiger partial charge in [-0.15, -0.1) is 0 Å². The molecule has 116 valence electrons. The summed E-state index contributed by atoms with van der Waals surface area (Å²) in [7, 11) is 0. The number of nitrogens with zero attached hydrogens (tertiary/aromatic N) is 3. The largest absolute Gasteiger partial charge is 0.481 e. The van der Waals surface area contributed by atoms with Gasteiger partial charge in [0.05, 0.1) is 22.5 Å². The van der Waals surface area contributed by atoms with Crippen LogP contribution in [0.4, 0.5) is 13.2 Å². The van der Waals surface area contributed by atoms with Gasteiger partial charge in [-0.1, -0.05) is 0 Å². The number of halogens is 4. The molecule has 0 aliphatic carbocycles. The van der Waals surface area contributed by atoms with Crippen molar-refractivity contribution in [3.05, 3.63) is 16.9 Å². The highest BCUT2D eigenvalue weighted by atomic mass is 79.9. The van der Waals surface area contributed by atoms with E-state index in [-0.39, 0.29) is 6.54 Å². The molecule has 2 heterocycles. The molecule has 0 saturated carbocycles. The molecule has 1 fully saturated rings. The smallest absolute Gasteiger partial charge is 0.394 e. The SMILES string of the molecule is O=C(O)[C@@H]1CN(C(=O)Cn2cc(Br)cn2)C[C@H]1C(F)(F)F. The number of carboxylic acid groups (broad SMARTS) is 1. The first-order valence-electron chi connectivity index (χ1n) is 5.93. The zero-order valence-corrected chi connectivity index (χ0v) is 12.1. The second-order valence-corrected chi connectivity index (χ2v) is 5.66. The Morgan fingerprint density at radius 1 is 1.43 bits per heavy atom. The van der Waals surface area contributed by atoms with Gasteiger partial charge in [0, 0.05) is 19.3 Å². The molecular weight excluding hydrogens is 359 g/mol. The summed E-state index contributed by atoms with van der Waals surface area (Å²) in [4.78, 5) is 23.8. The van der Waals surface area contributed by atoms with Gasteiger partial charge in [0.2, 0.25) is 5.91 Å². The number of hydrogen-bond acceptors (Lipinski definition) is 3. The van der Waals surface area contributed by atoms with E-state index < -0.39 is 43.0 Å². The van der Waals surface area contributed by atoms with Crippen molar-refractivity contribution in [1.29, 1.82) is 0 Å². The van der Waals surface area contributed by atoms with Crippen molar-refractivity contribution in [2.75, 3.05) is 13.1 Å². The molecule has 2 rings (SSSR count). The third-order valence-electron chi connectivity index (χ3n) is 3.31. The molecule has 1 amide bonds. The fourth-order valence-corrected chi connectivity index (χ4v) is 2.58. The Hall–Kier alpha value is -1.58. The molecule has 1 aromatic heterocycles. The number of rotatable bonds is 3. The van der Waals surface area contributed by atoms with Crippen molar-refractivity contribution in [3.63, 3.8) is 0 Å². The maximum absolute atomic E-state index is 12.8. The van der Waals surface area contributed by atoms with Crippen molar-refractivity contribution in [2.45, 2.75) is 12.7 Å². The fourth-order valence-electron chi connectivity index (χ4n) is 2.25. The summed E-state index contributed by atoms with van der Waals surface area (Å²) < 4.78 is 40.3. The van der Waals surface area contributed by atoms with Gasteiger partial charge in [-0.05, 0) is 15.9 Å². The van der Waals surface area contributed by atoms with Crippen molar-refractivity contribution < 1.29 is 27.9 Å². The zero-order valence-electron chi connectivity index (χ0n) is 10.5. The molecule has 10 heteroatoms. The van der Waals surface area contributed by atoms with Crippen LogP contribution in [-0.4, -0.2) is 50.9 Å². The van der Waals surface area contributed by atoms with Gasteiger partial charge in [-0.3, -0.25) is 14.3 Å². The standard InChI is InChI=1S/C11H11BrF3N3O3/c12-6-1-16-18(2-6)5-9(19)17-3-7(10(20)21)8(4-17)11(13,14)15/h1-2,7-8H,3-5H2,(H,20,21)/t7-,8-/m1/s1. The van der Waals surface area contributed by atoms with E-state index in [0.29, 0.717) is 4.47 Å². The highest BCUT2D eigenvalue weighted by Crippen LogP contribution is 2.37. The molecule has 2 atom stereocenters. The molecule has 1 N–H and O–H groups in total. The first kappa shape index (κ1) is 15.8. The Balaban J connectivity index is 2.08. The lowest BCUT2D eigenvalue weighted by atomic mass is 9.96. The van der Waals surface area contributed by atoms with E-state index in [1.807, 2.05) is 0 Å². The molecule has 1 aliphatic rings. The Kier molecular flexibility index (Phi) is 4.26. The molecule has 21 heavy (non-hydrogen) atoms.